The molecule has 120 valence electrons. The molecule has 4 heteroatoms. The van der Waals surface area contributed by atoms with Crippen molar-refractivity contribution in [2.45, 2.75) is 32.4 Å². The molecule has 0 saturated carbocycles. The molecule has 1 amide bonds. The highest BCUT2D eigenvalue weighted by Crippen LogP contribution is 2.31. The third-order valence-corrected chi connectivity index (χ3v) is 4.75. The molecular formula is C19H21ClN2O. The molecular weight excluding hydrogens is 308 g/mol. The molecule has 0 fully saturated rings. The first-order valence-corrected chi connectivity index (χ1v) is 8.33. The van der Waals surface area contributed by atoms with Gasteiger partial charge in [-0.05, 0) is 43.5 Å². The number of halogens is 1. The van der Waals surface area contributed by atoms with Gasteiger partial charge in [0, 0.05) is 22.8 Å². The van der Waals surface area contributed by atoms with Crippen LogP contribution in [0.4, 0.5) is 5.69 Å². The smallest absolute Gasteiger partial charge is 0.241 e. The number of nitrogens with zero attached hydrogens (tertiary/aromatic N) is 1. The molecule has 2 aromatic rings. The Morgan fingerprint density at radius 1 is 1.26 bits per heavy atom. The van der Waals surface area contributed by atoms with Crippen molar-refractivity contribution in [2.75, 3.05) is 11.4 Å². The summed E-state index contributed by atoms with van der Waals surface area (Å²) in [7, 11) is 0. The quantitative estimate of drug-likeness (QED) is 0.921. The van der Waals surface area contributed by atoms with Gasteiger partial charge in [-0.2, -0.15) is 0 Å². The minimum absolute atomic E-state index is 0.0285. The Morgan fingerprint density at radius 3 is 2.74 bits per heavy atom. The predicted molar refractivity (Wildman–Crippen MR) is 95.0 cm³/mol. The highest BCUT2D eigenvalue weighted by Gasteiger charge is 2.30. The number of hydrogen-bond donors (Lipinski definition) is 1. The van der Waals surface area contributed by atoms with E-state index < -0.39 is 0 Å². The van der Waals surface area contributed by atoms with Gasteiger partial charge in [0.1, 0.15) is 0 Å². The van der Waals surface area contributed by atoms with Crippen LogP contribution in [0.2, 0.25) is 5.02 Å². The van der Waals surface area contributed by atoms with Crippen molar-refractivity contribution in [1.29, 1.82) is 0 Å². The van der Waals surface area contributed by atoms with Gasteiger partial charge in [-0.1, -0.05) is 48.0 Å². The Bertz CT molecular complexity index is 716. The summed E-state index contributed by atoms with van der Waals surface area (Å²) in [5.74, 6) is 0.0985. The lowest BCUT2D eigenvalue weighted by Gasteiger charge is -2.24. The van der Waals surface area contributed by atoms with Crippen LogP contribution in [0.5, 0.6) is 0 Å². The third-order valence-electron chi connectivity index (χ3n) is 4.41. The Balaban J connectivity index is 1.67. The molecule has 1 heterocycles. The number of para-hydroxylation sites is 1. The van der Waals surface area contributed by atoms with Crippen molar-refractivity contribution in [1.82, 2.24) is 5.32 Å². The van der Waals surface area contributed by atoms with E-state index >= 15 is 0 Å². The van der Waals surface area contributed by atoms with Crippen LogP contribution in [0.25, 0.3) is 0 Å². The second-order valence-electron chi connectivity index (χ2n) is 6.07. The summed E-state index contributed by atoms with van der Waals surface area (Å²) in [6.07, 6.45) is 0.919. The molecule has 0 bridgehead atoms. The van der Waals surface area contributed by atoms with Crippen LogP contribution < -0.4 is 10.2 Å². The van der Waals surface area contributed by atoms with Crippen LogP contribution in [0.1, 0.15) is 31.0 Å². The maximum atomic E-state index is 12.7. The van der Waals surface area contributed by atoms with E-state index in [0.29, 0.717) is 6.54 Å². The van der Waals surface area contributed by atoms with Gasteiger partial charge >= 0.3 is 0 Å². The molecule has 0 unspecified atom stereocenters. The fraction of sp³-hybridized carbons (Fsp3) is 0.316. The fourth-order valence-electron chi connectivity index (χ4n) is 3.21. The summed E-state index contributed by atoms with van der Waals surface area (Å²) >= 11 is 6.22. The molecule has 0 aromatic heterocycles. The minimum Gasteiger partial charge on any atom is -0.308 e. The van der Waals surface area contributed by atoms with E-state index in [0.717, 1.165) is 22.7 Å². The average molecular weight is 329 g/mol. The number of rotatable bonds is 4. The number of carbonyl (C=O) groups is 1. The van der Waals surface area contributed by atoms with E-state index in [1.54, 1.807) is 0 Å². The Hall–Kier alpha value is -1.84. The summed E-state index contributed by atoms with van der Waals surface area (Å²) in [5, 5.41) is 4.01. The first-order chi connectivity index (χ1) is 11.1. The van der Waals surface area contributed by atoms with Crippen molar-refractivity contribution >= 4 is 23.2 Å². The highest BCUT2D eigenvalue weighted by atomic mass is 35.5. The fourth-order valence-corrected chi connectivity index (χ4v) is 3.51. The number of benzene rings is 2. The Kier molecular flexibility index (Phi) is 4.69. The van der Waals surface area contributed by atoms with Crippen molar-refractivity contribution < 1.29 is 4.79 Å². The van der Waals surface area contributed by atoms with Crippen molar-refractivity contribution in [2.24, 2.45) is 0 Å². The lowest BCUT2D eigenvalue weighted by Crippen LogP contribution is -2.42. The number of amides is 1. The zero-order chi connectivity index (χ0) is 16.4. The first-order valence-electron chi connectivity index (χ1n) is 7.95. The molecule has 0 radical (unpaired) electrons. The summed E-state index contributed by atoms with van der Waals surface area (Å²) in [6.45, 7) is 4.41. The van der Waals surface area contributed by atoms with Crippen molar-refractivity contribution in [3.8, 4) is 0 Å². The minimum atomic E-state index is 0.0285. The van der Waals surface area contributed by atoms with E-state index in [2.05, 4.69) is 18.3 Å². The zero-order valence-corrected chi connectivity index (χ0v) is 14.2. The summed E-state index contributed by atoms with van der Waals surface area (Å²) in [5.41, 5.74) is 3.29. The maximum Gasteiger partial charge on any atom is 0.241 e. The molecule has 0 saturated heterocycles. The van der Waals surface area contributed by atoms with Gasteiger partial charge in [0.05, 0.1) is 6.54 Å². The van der Waals surface area contributed by atoms with Crippen LogP contribution in [-0.2, 0) is 11.2 Å². The zero-order valence-electron chi connectivity index (χ0n) is 13.4. The van der Waals surface area contributed by atoms with Gasteiger partial charge < -0.3 is 10.2 Å². The number of carbonyl (C=O) groups excluding carboxylic acids is 1. The van der Waals surface area contributed by atoms with E-state index in [1.807, 2.05) is 54.3 Å². The highest BCUT2D eigenvalue weighted by molar-refractivity contribution is 6.31. The van der Waals surface area contributed by atoms with Crippen molar-refractivity contribution in [3.63, 3.8) is 0 Å². The number of hydrogen-bond acceptors (Lipinski definition) is 2. The van der Waals surface area contributed by atoms with E-state index in [4.69, 9.17) is 11.6 Å². The monoisotopic (exact) mass is 328 g/mol. The normalized spacial score (nSPS) is 17.9. The largest absolute Gasteiger partial charge is 0.308 e. The lowest BCUT2D eigenvalue weighted by molar-refractivity contribution is -0.118. The molecule has 3 rings (SSSR count). The van der Waals surface area contributed by atoms with E-state index in [9.17, 15) is 4.79 Å². The number of fused-ring (bicyclic) bond motifs is 1. The van der Waals surface area contributed by atoms with Gasteiger partial charge in [-0.15, -0.1) is 0 Å². The SMILES string of the molecule is C[C@@H]1Cc2ccccc2N1C(=O)CN[C@H](C)c1ccccc1Cl. The molecule has 1 aliphatic rings. The molecule has 0 aliphatic carbocycles. The summed E-state index contributed by atoms with van der Waals surface area (Å²) < 4.78 is 0. The van der Waals surface area contributed by atoms with E-state index in [1.165, 1.54) is 5.56 Å². The van der Waals surface area contributed by atoms with Crippen LogP contribution >= 0.6 is 11.6 Å². The summed E-state index contributed by atoms with van der Waals surface area (Å²) in [4.78, 5) is 14.6. The number of nitrogens with one attached hydrogen (secondary N) is 1. The topological polar surface area (TPSA) is 32.3 Å². The molecule has 1 N–H and O–H groups in total. The van der Waals surface area contributed by atoms with Crippen LogP contribution in [0, 0.1) is 0 Å². The Morgan fingerprint density at radius 2 is 1.96 bits per heavy atom. The molecule has 1 aliphatic heterocycles. The van der Waals surface area contributed by atoms with Gasteiger partial charge in [0.2, 0.25) is 5.91 Å². The average Bonchev–Trinajstić information content (AvgIpc) is 2.88. The van der Waals surface area contributed by atoms with Crippen LogP contribution in [0.3, 0.4) is 0 Å². The predicted octanol–water partition coefficient (Wildman–Crippen LogP) is 3.97. The van der Waals surface area contributed by atoms with Gasteiger partial charge in [0.25, 0.3) is 0 Å². The van der Waals surface area contributed by atoms with Crippen molar-refractivity contribution in [3.05, 3.63) is 64.7 Å². The first kappa shape index (κ1) is 16.0. The number of anilines is 1. The van der Waals surface area contributed by atoms with Gasteiger partial charge in [-0.3, -0.25) is 4.79 Å². The summed E-state index contributed by atoms with van der Waals surface area (Å²) in [6, 6.07) is 16.1. The van der Waals surface area contributed by atoms with Crippen LogP contribution in [-0.4, -0.2) is 18.5 Å². The molecule has 23 heavy (non-hydrogen) atoms. The lowest BCUT2D eigenvalue weighted by atomic mass is 10.1. The van der Waals surface area contributed by atoms with Gasteiger partial charge in [0.15, 0.2) is 0 Å². The second kappa shape index (κ2) is 6.73. The molecule has 3 nitrogen and oxygen atoms in total. The molecule has 2 atom stereocenters. The third kappa shape index (κ3) is 3.26. The van der Waals surface area contributed by atoms with Gasteiger partial charge in [-0.25, -0.2) is 0 Å². The molecule has 2 aromatic carbocycles. The maximum absolute atomic E-state index is 12.7. The second-order valence-corrected chi connectivity index (χ2v) is 6.48. The van der Waals surface area contributed by atoms with Crippen LogP contribution in [0.15, 0.2) is 48.5 Å². The Labute approximate surface area is 142 Å². The van der Waals surface area contributed by atoms with E-state index in [-0.39, 0.29) is 18.0 Å². The molecule has 0 spiro atoms. The standard InChI is InChI=1S/C19H21ClN2O/c1-13-11-15-7-3-6-10-18(15)22(13)19(23)12-21-14(2)16-8-4-5-9-17(16)20/h3-10,13-14,21H,11-12H2,1-2H3/t13-,14-/m1/s1.